The lowest BCUT2D eigenvalue weighted by atomic mass is 10.0. The summed E-state index contributed by atoms with van der Waals surface area (Å²) in [7, 11) is 0. The molecule has 1 atom stereocenters. The number of carboxylic acid groups (broad SMARTS) is 1. The molecule has 4 N–H and O–H groups in total. The van der Waals surface area contributed by atoms with Gasteiger partial charge in [0.15, 0.2) is 0 Å². The molecule has 0 aliphatic heterocycles. The Morgan fingerprint density at radius 2 is 1.82 bits per heavy atom. The highest BCUT2D eigenvalue weighted by atomic mass is 16.4. The third kappa shape index (κ3) is 3.83. The molecule has 0 bridgehead atoms. The van der Waals surface area contributed by atoms with Gasteiger partial charge >= 0.3 is 5.97 Å². The normalized spacial score (nSPS) is 12.0. The summed E-state index contributed by atoms with van der Waals surface area (Å²) in [4.78, 5) is 23.7. The van der Waals surface area contributed by atoms with Gasteiger partial charge in [-0.05, 0) is 42.6 Å². The van der Waals surface area contributed by atoms with Crippen molar-refractivity contribution in [2.45, 2.75) is 25.3 Å². The average Bonchev–Trinajstić information content (AvgIpc) is 2.53. The highest BCUT2D eigenvalue weighted by Crippen LogP contribution is 2.18. The first kappa shape index (κ1) is 16.0. The number of carbonyl (C=O) groups is 2. The standard InChI is InChI=1S/C17H20N2O3/c18-11-4-3-10-15(17(21)22)19-16(20)14-9-5-7-12-6-1-2-8-13(12)14/h1-2,5-9,15H,3-4,10-11,18H2,(H,19,20)(H,21,22). The van der Waals surface area contributed by atoms with Crippen LogP contribution >= 0.6 is 0 Å². The molecule has 0 aliphatic rings. The lowest BCUT2D eigenvalue weighted by molar-refractivity contribution is -0.139. The molecule has 0 aromatic heterocycles. The van der Waals surface area contributed by atoms with E-state index < -0.39 is 12.0 Å². The summed E-state index contributed by atoms with van der Waals surface area (Å²) < 4.78 is 0. The fraction of sp³-hybridized carbons (Fsp3) is 0.294. The van der Waals surface area contributed by atoms with Crippen LogP contribution in [-0.4, -0.2) is 29.6 Å². The van der Waals surface area contributed by atoms with Crippen LogP contribution in [-0.2, 0) is 4.79 Å². The maximum absolute atomic E-state index is 12.4. The van der Waals surface area contributed by atoms with E-state index in [0.717, 1.165) is 17.2 Å². The van der Waals surface area contributed by atoms with Crippen LogP contribution in [0, 0.1) is 0 Å². The number of carboxylic acids is 1. The maximum atomic E-state index is 12.4. The average molecular weight is 300 g/mol. The minimum atomic E-state index is -1.02. The van der Waals surface area contributed by atoms with Crippen molar-refractivity contribution < 1.29 is 14.7 Å². The molecule has 2 aromatic rings. The Bertz CT molecular complexity index is 665. The quantitative estimate of drug-likeness (QED) is 0.683. The van der Waals surface area contributed by atoms with Crippen LogP contribution in [0.1, 0.15) is 29.6 Å². The van der Waals surface area contributed by atoms with E-state index in [1.54, 1.807) is 12.1 Å². The molecule has 116 valence electrons. The van der Waals surface area contributed by atoms with Crippen LogP contribution in [0.2, 0.25) is 0 Å². The van der Waals surface area contributed by atoms with Crippen molar-refractivity contribution in [3.05, 3.63) is 48.0 Å². The summed E-state index contributed by atoms with van der Waals surface area (Å²) in [6.45, 7) is 0.517. The SMILES string of the molecule is NCCCCC(NC(=O)c1cccc2ccccc12)C(=O)O. The number of fused-ring (bicyclic) bond motifs is 1. The van der Waals surface area contributed by atoms with Crippen LogP contribution in [0.25, 0.3) is 10.8 Å². The predicted molar refractivity (Wildman–Crippen MR) is 85.7 cm³/mol. The van der Waals surface area contributed by atoms with E-state index in [1.165, 1.54) is 0 Å². The van der Waals surface area contributed by atoms with E-state index in [1.807, 2.05) is 30.3 Å². The number of benzene rings is 2. The fourth-order valence-electron chi connectivity index (χ4n) is 2.41. The molecule has 0 fully saturated rings. The zero-order valence-electron chi connectivity index (χ0n) is 12.3. The van der Waals surface area contributed by atoms with E-state index in [4.69, 9.17) is 5.73 Å². The van der Waals surface area contributed by atoms with Crippen molar-refractivity contribution in [1.82, 2.24) is 5.32 Å². The van der Waals surface area contributed by atoms with Gasteiger partial charge in [-0.3, -0.25) is 4.79 Å². The third-order valence-corrected chi connectivity index (χ3v) is 3.58. The second kappa shape index (κ2) is 7.56. The van der Waals surface area contributed by atoms with Crippen molar-refractivity contribution in [2.75, 3.05) is 6.54 Å². The monoisotopic (exact) mass is 300 g/mol. The molecule has 22 heavy (non-hydrogen) atoms. The van der Waals surface area contributed by atoms with Crippen molar-refractivity contribution in [3.8, 4) is 0 Å². The molecule has 2 aromatic carbocycles. The molecule has 5 nitrogen and oxygen atoms in total. The van der Waals surface area contributed by atoms with E-state index in [-0.39, 0.29) is 5.91 Å². The minimum Gasteiger partial charge on any atom is -0.480 e. The molecule has 2 rings (SSSR count). The molecule has 0 aliphatic carbocycles. The molecular formula is C17H20N2O3. The van der Waals surface area contributed by atoms with Crippen molar-refractivity contribution in [2.24, 2.45) is 5.73 Å². The van der Waals surface area contributed by atoms with E-state index in [9.17, 15) is 14.7 Å². The number of unbranched alkanes of at least 4 members (excludes halogenated alkanes) is 1. The van der Waals surface area contributed by atoms with E-state index >= 15 is 0 Å². The largest absolute Gasteiger partial charge is 0.480 e. The zero-order valence-corrected chi connectivity index (χ0v) is 12.3. The molecule has 1 amide bonds. The third-order valence-electron chi connectivity index (χ3n) is 3.58. The van der Waals surface area contributed by atoms with Crippen molar-refractivity contribution in [3.63, 3.8) is 0 Å². The Hall–Kier alpha value is -2.40. The zero-order chi connectivity index (χ0) is 15.9. The fourth-order valence-corrected chi connectivity index (χ4v) is 2.41. The Kier molecular flexibility index (Phi) is 5.49. The summed E-state index contributed by atoms with van der Waals surface area (Å²) >= 11 is 0. The molecule has 0 radical (unpaired) electrons. The highest BCUT2D eigenvalue weighted by molar-refractivity contribution is 6.07. The summed E-state index contributed by atoms with van der Waals surface area (Å²) in [5.41, 5.74) is 5.90. The number of hydrogen-bond donors (Lipinski definition) is 3. The molecule has 0 saturated heterocycles. The van der Waals surface area contributed by atoms with Crippen LogP contribution in [0.4, 0.5) is 0 Å². The van der Waals surface area contributed by atoms with Gasteiger partial charge in [-0.15, -0.1) is 0 Å². The summed E-state index contributed by atoms with van der Waals surface area (Å²) in [5.74, 6) is -1.39. The van der Waals surface area contributed by atoms with Gasteiger partial charge in [0.25, 0.3) is 5.91 Å². The smallest absolute Gasteiger partial charge is 0.326 e. The summed E-state index contributed by atoms with van der Waals surface area (Å²) in [6.07, 6.45) is 1.79. The first-order chi connectivity index (χ1) is 10.6. The Labute approximate surface area is 129 Å². The second-order valence-electron chi connectivity index (χ2n) is 5.18. The van der Waals surface area contributed by atoms with Gasteiger partial charge in [0.1, 0.15) is 6.04 Å². The maximum Gasteiger partial charge on any atom is 0.326 e. The topological polar surface area (TPSA) is 92.4 Å². The summed E-state index contributed by atoms with van der Waals surface area (Å²) in [5, 5.41) is 13.6. The second-order valence-corrected chi connectivity index (χ2v) is 5.18. The van der Waals surface area contributed by atoms with Gasteiger partial charge in [-0.2, -0.15) is 0 Å². The molecule has 5 heteroatoms. The number of nitrogens with one attached hydrogen (secondary N) is 1. The van der Waals surface area contributed by atoms with Gasteiger partial charge in [0.05, 0.1) is 0 Å². The van der Waals surface area contributed by atoms with Crippen LogP contribution in [0.3, 0.4) is 0 Å². The van der Waals surface area contributed by atoms with Crippen LogP contribution < -0.4 is 11.1 Å². The Balaban J connectivity index is 2.16. The predicted octanol–water partition coefficient (Wildman–Crippen LogP) is 2.15. The van der Waals surface area contributed by atoms with E-state index in [0.29, 0.717) is 24.9 Å². The van der Waals surface area contributed by atoms with Gasteiger partial charge < -0.3 is 16.2 Å². The molecule has 0 saturated carbocycles. The first-order valence-electron chi connectivity index (χ1n) is 7.35. The number of hydrogen-bond acceptors (Lipinski definition) is 3. The Morgan fingerprint density at radius 1 is 1.09 bits per heavy atom. The summed E-state index contributed by atoms with van der Waals surface area (Å²) in [6, 6.07) is 12.1. The lowest BCUT2D eigenvalue weighted by Crippen LogP contribution is -2.40. The van der Waals surface area contributed by atoms with Gasteiger partial charge in [-0.1, -0.05) is 36.4 Å². The molecule has 1 unspecified atom stereocenters. The number of amides is 1. The van der Waals surface area contributed by atoms with Gasteiger partial charge in [0.2, 0.25) is 0 Å². The van der Waals surface area contributed by atoms with Gasteiger partial charge in [0, 0.05) is 5.56 Å². The number of aliphatic carboxylic acids is 1. The minimum absolute atomic E-state index is 0.364. The van der Waals surface area contributed by atoms with Crippen LogP contribution in [0.5, 0.6) is 0 Å². The van der Waals surface area contributed by atoms with Crippen molar-refractivity contribution >= 4 is 22.6 Å². The van der Waals surface area contributed by atoms with E-state index in [2.05, 4.69) is 5.32 Å². The highest BCUT2D eigenvalue weighted by Gasteiger charge is 2.20. The van der Waals surface area contributed by atoms with Crippen molar-refractivity contribution in [1.29, 1.82) is 0 Å². The molecule has 0 spiro atoms. The van der Waals surface area contributed by atoms with Crippen LogP contribution in [0.15, 0.2) is 42.5 Å². The number of rotatable bonds is 7. The Morgan fingerprint density at radius 3 is 2.55 bits per heavy atom. The first-order valence-corrected chi connectivity index (χ1v) is 7.35. The molecular weight excluding hydrogens is 280 g/mol. The molecule has 0 heterocycles. The number of carbonyl (C=O) groups excluding carboxylic acids is 1. The lowest BCUT2D eigenvalue weighted by Gasteiger charge is -2.15. The number of nitrogens with two attached hydrogens (primary N) is 1. The van der Waals surface area contributed by atoms with Gasteiger partial charge in [-0.25, -0.2) is 4.79 Å².